The van der Waals surface area contributed by atoms with Crippen LogP contribution in [0.3, 0.4) is 0 Å². The summed E-state index contributed by atoms with van der Waals surface area (Å²) in [6, 6.07) is 8.87. The molecule has 0 heterocycles. The summed E-state index contributed by atoms with van der Waals surface area (Å²) >= 11 is 0. The zero-order chi connectivity index (χ0) is 19.1. The maximum Gasteiger partial charge on any atom is 0.321 e. The zero-order valence-corrected chi connectivity index (χ0v) is 15.5. The molecule has 3 rings (SSSR count). The first-order valence-corrected chi connectivity index (χ1v) is 9.58. The number of urea groups is 1. The number of carbonyl (C=O) groups is 3. The first-order chi connectivity index (χ1) is 13.1. The summed E-state index contributed by atoms with van der Waals surface area (Å²) in [5, 5.41) is 4.86. The molecule has 0 aromatic heterocycles. The Kier molecular flexibility index (Phi) is 6.27. The molecule has 0 spiro atoms. The van der Waals surface area contributed by atoms with Crippen molar-refractivity contribution in [2.45, 2.75) is 50.4 Å². The standard InChI is InChI=1S/C21H26N2O4/c24-18(23-20(26)22-14-11-16-7-3-1-4-8-16)15-27-19(25)21(12-13-21)17-9-5-2-6-10-17/h2,5-7,9-10H,1,3-4,8,11-15H2,(H2,22,23,24,26). The minimum Gasteiger partial charge on any atom is -0.455 e. The van der Waals surface area contributed by atoms with Gasteiger partial charge in [-0.1, -0.05) is 42.0 Å². The zero-order valence-electron chi connectivity index (χ0n) is 15.5. The molecule has 6 nitrogen and oxygen atoms in total. The summed E-state index contributed by atoms with van der Waals surface area (Å²) in [4.78, 5) is 36.0. The number of nitrogens with one attached hydrogen (secondary N) is 2. The van der Waals surface area contributed by atoms with Gasteiger partial charge in [0.1, 0.15) is 0 Å². The lowest BCUT2D eigenvalue weighted by Crippen LogP contribution is -2.42. The van der Waals surface area contributed by atoms with Crippen LogP contribution in [0, 0.1) is 0 Å². The fourth-order valence-corrected chi connectivity index (χ4v) is 3.44. The molecule has 144 valence electrons. The van der Waals surface area contributed by atoms with Crippen LogP contribution in [0.25, 0.3) is 0 Å². The summed E-state index contributed by atoms with van der Waals surface area (Å²) in [5.41, 5.74) is 1.64. The Hall–Kier alpha value is -2.63. The highest BCUT2D eigenvalue weighted by atomic mass is 16.5. The minimum absolute atomic E-state index is 0.409. The number of imide groups is 1. The van der Waals surface area contributed by atoms with Crippen molar-refractivity contribution in [3.05, 3.63) is 47.5 Å². The average molecular weight is 370 g/mol. The van der Waals surface area contributed by atoms with Crippen molar-refractivity contribution in [2.24, 2.45) is 0 Å². The quantitative estimate of drug-likeness (QED) is 0.571. The van der Waals surface area contributed by atoms with E-state index >= 15 is 0 Å². The molecule has 0 bridgehead atoms. The third-order valence-electron chi connectivity index (χ3n) is 5.17. The number of hydrogen-bond acceptors (Lipinski definition) is 4. The fourth-order valence-electron chi connectivity index (χ4n) is 3.44. The second-order valence-corrected chi connectivity index (χ2v) is 7.19. The van der Waals surface area contributed by atoms with E-state index in [0.29, 0.717) is 19.4 Å². The van der Waals surface area contributed by atoms with Crippen LogP contribution in [0.5, 0.6) is 0 Å². The van der Waals surface area contributed by atoms with Gasteiger partial charge in [0.25, 0.3) is 5.91 Å². The maximum absolute atomic E-state index is 12.4. The van der Waals surface area contributed by atoms with Crippen LogP contribution in [0.1, 0.15) is 50.5 Å². The van der Waals surface area contributed by atoms with Crippen molar-refractivity contribution < 1.29 is 19.1 Å². The highest BCUT2D eigenvalue weighted by Crippen LogP contribution is 2.49. The van der Waals surface area contributed by atoms with E-state index in [9.17, 15) is 14.4 Å². The van der Waals surface area contributed by atoms with Crippen molar-refractivity contribution in [3.8, 4) is 0 Å². The molecule has 6 heteroatoms. The molecule has 1 aromatic rings. The molecule has 0 aliphatic heterocycles. The molecule has 1 aromatic carbocycles. The number of ether oxygens (including phenoxy) is 1. The largest absolute Gasteiger partial charge is 0.455 e. The molecule has 2 N–H and O–H groups in total. The SMILES string of the molecule is O=C(COC(=O)C1(c2ccccc2)CC1)NC(=O)NCCC1=CCCCC1. The summed E-state index contributed by atoms with van der Waals surface area (Å²) in [6.45, 7) is 0.0356. The van der Waals surface area contributed by atoms with Gasteiger partial charge in [-0.25, -0.2) is 4.79 Å². The Morgan fingerprint density at radius 3 is 2.52 bits per heavy atom. The Bertz CT molecular complexity index is 723. The number of hydrogen-bond donors (Lipinski definition) is 2. The monoisotopic (exact) mass is 370 g/mol. The average Bonchev–Trinajstić information content (AvgIpc) is 3.50. The van der Waals surface area contributed by atoms with Gasteiger partial charge >= 0.3 is 12.0 Å². The molecule has 0 unspecified atom stereocenters. The smallest absolute Gasteiger partial charge is 0.321 e. The van der Waals surface area contributed by atoms with E-state index in [1.807, 2.05) is 30.3 Å². The number of allylic oxidation sites excluding steroid dienone is 1. The second kappa shape index (κ2) is 8.84. The van der Waals surface area contributed by atoms with Gasteiger partial charge in [0, 0.05) is 6.54 Å². The number of carbonyl (C=O) groups excluding carboxylic acids is 3. The van der Waals surface area contributed by atoms with Gasteiger partial charge in [0.05, 0.1) is 5.41 Å². The Morgan fingerprint density at radius 1 is 1.07 bits per heavy atom. The lowest BCUT2D eigenvalue weighted by molar-refractivity contribution is -0.150. The number of benzene rings is 1. The first kappa shape index (κ1) is 19.1. The van der Waals surface area contributed by atoms with Crippen molar-refractivity contribution in [1.29, 1.82) is 0 Å². The van der Waals surface area contributed by atoms with Gasteiger partial charge < -0.3 is 10.1 Å². The molecular formula is C21H26N2O4. The molecule has 27 heavy (non-hydrogen) atoms. The van der Waals surface area contributed by atoms with Gasteiger partial charge in [0.2, 0.25) is 0 Å². The van der Waals surface area contributed by atoms with Gasteiger partial charge in [-0.05, 0) is 50.5 Å². The molecule has 0 atom stereocenters. The van der Waals surface area contributed by atoms with Crippen LogP contribution in [-0.4, -0.2) is 31.1 Å². The van der Waals surface area contributed by atoms with E-state index in [1.165, 1.54) is 18.4 Å². The fraction of sp³-hybridized carbons (Fsp3) is 0.476. The molecule has 2 aliphatic rings. The molecule has 1 fully saturated rings. The summed E-state index contributed by atoms with van der Waals surface area (Å²) in [5.74, 6) is -1.03. The third-order valence-corrected chi connectivity index (χ3v) is 5.17. The van der Waals surface area contributed by atoms with E-state index in [0.717, 1.165) is 24.8 Å². The van der Waals surface area contributed by atoms with Gasteiger partial charge in [-0.15, -0.1) is 0 Å². The van der Waals surface area contributed by atoms with Crippen molar-refractivity contribution in [3.63, 3.8) is 0 Å². The predicted octanol–water partition coefficient (Wildman–Crippen LogP) is 2.98. The van der Waals surface area contributed by atoms with Crippen LogP contribution in [-0.2, 0) is 19.7 Å². The van der Waals surface area contributed by atoms with Crippen LogP contribution in [0.2, 0.25) is 0 Å². The number of rotatable bonds is 7. The lowest BCUT2D eigenvalue weighted by atomic mass is 9.96. The minimum atomic E-state index is -0.627. The van der Waals surface area contributed by atoms with Crippen LogP contribution in [0.15, 0.2) is 42.0 Å². The van der Waals surface area contributed by atoms with Crippen LogP contribution >= 0.6 is 0 Å². The van der Waals surface area contributed by atoms with Crippen LogP contribution < -0.4 is 10.6 Å². The molecule has 2 aliphatic carbocycles. The molecule has 0 saturated heterocycles. The van der Waals surface area contributed by atoms with E-state index < -0.39 is 29.9 Å². The van der Waals surface area contributed by atoms with E-state index in [-0.39, 0.29) is 0 Å². The molecule has 1 saturated carbocycles. The normalized spacial score (nSPS) is 17.4. The van der Waals surface area contributed by atoms with Crippen molar-refractivity contribution in [1.82, 2.24) is 10.6 Å². The maximum atomic E-state index is 12.4. The van der Waals surface area contributed by atoms with Crippen molar-refractivity contribution >= 4 is 17.9 Å². The predicted molar refractivity (Wildman–Crippen MR) is 101 cm³/mol. The Balaban J connectivity index is 1.36. The third kappa shape index (κ3) is 5.18. The highest BCUT2D eigenvalue weighted by molar-refractivity contribution is 5.96. The van der Waals surface area contributed by atoms with Gasteiger partial charge in [-0.2, -0.15) is 0 Å². The number of amides is 3. The van der Waals surface area contributed by atoms with Gasteiger partial charge in [-0.3, -0.25) is 14.9 Å². The van der Waals surface area contributed by atoms with E-state index in [2.05, 4.69) is 16.7 Å². The van der Waals surface area contributed by atoms with Gasteiger partial charge in [0.15, 0.2) is 6.61 Å². The van der Waals surface area contributed by atoms with E-state index in [1.54, 1.807) is 0 Å². The number of esters is 1. The second-order valence-electron chi connectivity index (χ2n) is 7.19. The topological polar surface area (TPSA) is 84.5 Å². The van der Waals surface area contributed by atoms with Crippen molar-refractivity contribution in [2.75, 3.05) is 13.2 Å². The molecule has 3 amide bonds. The lowest BCUT2D eigenvalue weighted by Gasteiger charge is -2.15. The highest BCUT2D eigenvalue weighted by Gasteiger charge is 2.52. The first-order valence-electron chi connectivity index (χ1n) is 9.58. The summed E-state index contributed by atoms with van der Waals surface area (Å²) in [6.07, 6.45) is 9.09. The Labute approximate surface area is 159 Å². The molecule has 0 radical (unpaired) electrons. The Morgan fingerprint density at radius 2 is 1.85 bits per heavy atom. The molecular weight excluding hydrogens is 344 g/mol. The summed E-state index contributed by atoms with van der Waals surface area (Å²) in [7, 11) is 0. The van der Waals surface area contributed by atoms with Crippen LogP contribution in [0.4, 0.5) is 4.79 Å². The summed E-state index contributed by atoms with van der Waals surface area (Å²) < 4.78 is 5.15. The van der Waals surface area contributed by atoms with E-state index in [4.69, 9.17) is 4.74 Å².